The number of esters is 1. The third-order valence-corrected chi connectivity index (χ3v) is 5.06. The van der Waals surface area contributed by atoms with Crippen molar-refractivity contribution >= 4 is 40.9 Å². The molecule has 9 heteroatoms. The predicted octanol–water partition coefficient (Wildman–Crippen LogP) is 4.25. The number of benzene rings is 1. The van der Waals surface area contributed by atoms with Gasteiger partial charge in [0.1, 0.15) is 17.4 Å². The zero-order valence-electron chi connectivity index (χ0n) is 16.3. The Morgan fingerprint density at radius 1 is 1.16 bits per heavy atom. The van der Waals surface area contributed by atoms with E-state index >= 15 is 0 Å². The largest absolute Gasteiger partial charge is 0.456 e. The lowest BCUT2D eigenvalue weighted by atomic mass is 10.2. The predicted molar refractivity (Wildman–Crippen MR) is 119 cm³/mol. The van der Waals surface area contributed by atoms with Gasteiger partial charge in [0.25, 0.3) is 5.56 Å². The molecular weight excluding hydrogens is 439 g/mol. The van der Waals surface area contributed by atoms with Crippen LogP contribution in [0.3, 0.4) is 0 Å². The normalized spacial score (nSPS) is 11.3. The van der Waals surface area contributed by atoms with Gasteiger partial charge < -0.3 is 4.74 Å². The highest BCUT2D eigenvalue weighted by atomic mass is 35.5. The molecule has 1 aromatic carbocycles. The van der Waals surface area contributed by atoms with Crippen molar-refractivity contribution in [2.24, 2.45) is 0 Å². The molecule has 0 aliphatic carbocycles. The van der Waals surface area contributed by atoms with Crippen LogP contribution < -0.4 is 5.56 Å². The van der Waals surface area contributed by atoms with Gasteiger partial charge in [-0.05, 0) is 37.3 Å². The molecule has 0 bridgehead atoms. The van der Waals surface area contributed by atoms with Crippen molar-refractivity contribution in [1.82, 2.24) is 19.2 Å². The molecule has 7 nitrogen and oxygen atoms in total. The molecule has 31 heavy (non-hydrogen) atoms. The Hall–Kier alpha value is -3.42. The highest BCUT2D eigenvalue weighted by Crippen LogP contribution is 2.24. The van der Waals surface area contributed by atoms with E-state index in [0.29, 0.717) is 32.8 Å². The Bertz CT molecular complexity index is 1360. The van der Waals surface area contributed by atoms with Gasteiger partial charge >= 0.3 is 5.97 Å². The van der Waals surface area contributed by atoms with E-state index in [4.69, 9.17) is 27.9 Å². The lowest BCUT2D eigenvalue weighted by molar-refractivity contribution is -0.139. The third-order valence-electron chi connectivity index (χ3n) is 4.47. The Morgan fingerprint density at radius 2 is 1.94 bits per heavy atom. The minimum Gasteiger partial charge on any atom is -0.456 e. The molecule has 0 amide bonds. The highest BCUT2D eigenvalue weighted by molar-refractivity contribution is 6.31. The second kappa shape index (κ2) is 8.75. The number of rotatable bonds is 5. The average molecular weight is 455 g/mol. The van der Waals surface area contributed by atoms with Crippen LogP contribution in [0.25, 0.3) is 17.4 Å². The Labute approximate surface area is 187 Å². The van der Waals surface area contributed by atoms with Crippen molar-refractivity contribution in [1.29, 1.82) is 0 Å². The van der Waals surface area contributed by atoms with E-state index in [1.807, 2.05) is 30.3 Å². The number of carbonyl (C=O) groups excluding carboxylic acids is 1. The highest BCUT2D eigenvalue weighted by Gasteiger charge is 2.13. The van der Waals surface area contributed by atoms with E-state index in [2.05, 4.69) is 10.1 Å². The van der Waals surface area contributed by atoms with Crippen LogP contribution in [0.5, 0.6) is 0 Å². The summed E-state index contributed by atoms with van der Waals surface area (Å²) < 4.78 is 8.14. The average Bonchev–Trinajstić information content (AvgIpc) is 3.05. The Morgan fingerprint density at radius 3 is 2.71 bits per heavy atom. The number of fused-ring (bicyclic) bond motifs is 1. The van der Waals surface area contributed by atoms with Crippen LogP contribution in [-0.4, -0.2) is 25.1 Å². The molecule has 0 aliphatic rings. The fourth-order valence-corrected chi connectivity index (χ4v) is 3.48. The van der Waals surface area contributed by atoms with E-state index in [9.17, 15) is 9.59 Å². The molecule has 0 saturated carbocycles. The number of carbonyl (C=O) groups is 1. The number of ether oxygens (including phenoxy) is 1. The van der Waals surface area contributed by atoms with E-state index in [1.54, 1.807) is 29.8 Å². The molecule has 4 aromatic rings. The smallest absolute Gasteiger partial charge is 0.331 e. The summed E-state index contributed by atoms with van der Waals surface area (Å²) in [6, 6.07) is 14.0. The van der Waals surface area contributed by atoms with Gasteiger partial charge in [-0.2, -0.15) is 5.10 Å². The number of pyridine rings is 1. The summed E-state index contributed by atoms with van der Waals surface area (Å²) >= 11 is 12.3. The van der Waals surface area contributed by atoms with Gasteiger partial charge in [0, 0.05) is 23.9 Å². The number of hydrogen-bond donors (Lipinski definition) is 0. The number of para-hydroxylation sites is 1. The second-order valence-electron chi connectivity index (χ2n) is 6.64. The maximum atomic E-state index is 12.2. The van der Waals surface area contributed by atoms with Crippen molar-refractivity contribution in [2.75, 3.05) is 0 Å². The lowest BCUT2D eigenvalue weighted by Gasteiger charge is -2.05. The summed E-state index contributed by atoms with van der Waals surface area (Å²) in [7, 11) is 0. The molecule has 0 fully saturated rings. The summed E-state index contributed by atoms with van der Waals surface area (Å²) in [5, 5.41) is 5.23. The molecule has 0 saturated heterocycles. The van der Waals surface area contributed by atoms with E-state index < -0.39 is 5.97 Å². The van der Waals surface area contributed by atoms with Crippen LogP contribution >= 0.6 is 23.2 Å². The minimum absolute atomic E-state index is 0.145. The Kier molecular flexibility index (Phi) is 5.88. The summed E-state index contributed by atoms with van der Waals surface area (Å²) in [6.45, 7) is 1.66. The van der Waals surface area contributed by atoms with Crippen LogP contribution in [0, 0.1) is 6.92 Å². The van der Waals surface area contributed by atoms with E-state index in [1.165, 1.54) is 22.7 Å². The first-order valence-corrected chi connectivity index (χ1v) is 10.0. The van der Waals surface area contributed by atoms with E-state index in [0.717, 1.165) is 5.69 Å². The van der Waals surface area contributed by atoms with Crippen molar-refractivity contribution in [3.05, 3.63) is 98.3 Å². The maximum Gasteiger partial charge on any atom is 0.331 e. The van der Waals surface area contributed by atoms with Gasteiger partial charge in [-0.1, -0.05) is 41.4 Å². The van der Waals surface area contributed by atoms with Gasteiger partial charge in [0.05, 0.1) is 22.1 Å². The van der Waals surface area contributed by atoms with Gasteiger partial charge in [-0.3, -0.25) is 9.20 Å². The molecule has 0 N–H and O–H groups in total. The van der Waals surface area contributed by atoms with Crippen LogP contribution in [-0.2, 0) is 16.1 Å². The number of nitrogens with zero attached hydrogens (tertiary/aromatic N) is 4. The van der Waals surface area contributed by atoms with Crippen molar-refractivity contribution in [3.63, 3.8) is 0 Å². The standard InChI is InChI=1S/C22H16Cl2N4O3/c1-14-18(22(24)28(26-14)17-5-3-2-4-6-17)8-10-21(30)31-13-16-11-20(29)27-12-15(23)7-9-19(27)25-16/h2-12H,13H2,1H3/b10-8+. The molecule has 4 rings (SSSR count). The first-order chi connectivity index (χ1) is 14.9. The van der Waals surface area contributed by atoms with Gasteiger partial charge in [-0.15, -0.1) is 0 Å². The SMILES string of the molecule is Cc1nn(-c2ccccc2)c(Cl)c1/C=C/C(=O)OCc1cc(=O)n2cc(Cl)ccc2n1. The zero-order chi connectivity index (χ0) is 22.0. The monoisotopic (exact) mass is 454 g/mol. The fraction of sp³-hybridized carbons (Fsp3) is 0.0909. The van der Waals surface area contributed by atoms with Crippen LogP contribution in [0.15, 0.2) is 65.6 Å². The topological polar surface area (TPSA) is 78.5 Å². The van der Waals surface area contributed by atoms with Crippen molar-refractivity contribution in [3.8, 4) is 5.69 Å². The van der Waals surface area contributed by atoms with Crippen molar-refractivity contribution in [2.45, 2.75) is 13.5 Å². The molecule has 0 atom stereocenters. The molecule has 3 aromatic heterocycles. The molecule has 3 heterocycles. The van der Waals surface area contributed by atoms with Crippen LogP contribution in [0.4, 0.5) is 0 Å². The van der Waals surface area contributed by atoms with Crippen LogP contribution in [0.1, 0.15) is 17.0 Å². The Balaban J connectivity index is 1.47. The zero-order valence-corrected chi connectivity index (χ0v) is 17.8. The molecule has 156 valence electrons. The summed E-state index contributed by atoms with van der Waals surface area (Å²) in [4.78, 5) is 28.7. The fourth-order valence-electron chi connectivity index (χ4n) is 2.99. The second-order valence-corrected chi connectivity index (χ2v) is 7.43. The van der Waals surface area contributed by atoms with Crippen LogP contribution in [0.2, 0.25) is 10.2 Å². The molecule has 0 radical (unpaired) electrons. The first kappa shape index (κ1) is 20.8. The number of aryl methyl sites for hydroxylation is 1. The lowest BCUT2D eigenvalue weighted by Crippen LogP contribution is -2.16. The molecule has 0 aliphatic heterocycles. The maximum absolute atomic E-state index is 12.2. The molecule has 0 spiro atoms. The van der Waals surface area contributed by atoms with Gasteiger partial charge in [-0.25, -0.2) is 14.5 Å². The number of halogens is 2. The summed E-state index contributed by atoms with van der Waals surface area (Å²) in [6.07, 6.45) is 4.29. The molecule has 0 unspecified atom stereocenters. The quantitative estimate of drug-likeness (QED) is 0.332. The van der Waals surface area contributed by atoms with Crippen molar-refractivity contribution < 1.29 is 9.53 Å². The summed E-state index contributed by atoms with van der Waals surface area (Å²) in [5.41, 5.74) is 2.52. The van der Waals surface area contributed by atoms with Gasteiger partial charge in [0.2, 0.25) is 0 Å². The molecular formula is C22H16Cl2N4O3. The number of hydrogen-bond acceptors (Lipinski definition) is 5. The van der Waals surface area contributed by atoms with Gasteiger partial charge in [0.15, 0.2) is 0 Å². The van der Waals surface area contributed by atoms with E-state index in [-0.39, 0.29) is 12.2 Å². The first-order valence-electron chi connectivity index (χ1n) is 9.25. The summed E-state index contributed by atoms with van der Waals surface area (Å²) in [5.74, 6) is -0.596. The minimum atomic E-state index is -0.596. The third kappa shape index (κ3) is 4.52. The number of aromatic nitrogens is 4.